The number of ether oxygens (including phenoxy) is 2. The molecule has 4 nitrogen and oxygen atoms in total. The van der Waals surface area contributed by atoms with Crippen molar-refractivity contribution in [3.05, 3.63) is 59.2 Å². The van der Waals surface area contributed by atoms with Crippen molar-refractivity contribution in [1.29, 1.82) is 0 Å². The minimum Gasteiger partial charge on any atom is -0.493 e. The van der Waals surface area contributed by atoms with Gasteiger partial charge in [-0.25, -0.2) is 0 Å². The minimum atomic E-state index is -0.102. The zero-order chi connectivity index (χ0) is 19.3. The molecule has 0 aromatic heterocycles. The molecule has 1 aliphatic carbocycles. The Bertz CT molecular complexity index is 836. The van der Waals surface area contributed by atoms with E-state index in [2.05, 4.69) is 29.6 Å². The fourth-order valence-corrected chi connectivity index (χ4v) is 6.62. The van der Waals surface area contributed by atoms with Gasteiger partial charge in [-0.1, -0.05) is 30.3 Å². The van der Waals surface area contributed by atoms with Gasteiger partial charge in [0.25, 0.3) is 5.91 Å². The largest absolute Gasteiger partial charge is 0.493 e. The van der Waals surface area contributed by atoms with Gasteiger partial charge in [0.1, 0.15) is 0 Å². The fraction of sp³-hybridized carbons (Fsp3) is 0.409. The third-order valence-corrected chi connectivity index (χ3v) is 8.25. The number of hydrogen-bond donors (Lipinski definition) is 1. The highest BCUT2D eigenvalue weighted by Crippen LogP contribution is 2.46. The lowest BCUT2D eigenvalue weighted by atomic mass is 9.88. The highest BCUT2D eigenvalue weighted by atomic mass is 32.2. The molecule has 1 heterocycles. The van der Waals surface area contributed by atoms with E-state index >= 15 is 0 Å². The van der Waals surface area contributed by atoms with Gasteiger partial charge in [-0.05, 0) is 48.1 Å². The highest BCUT2D eigenvalue weighted by Gasteiger charge is 2.22. The van der Waals surface area contributed by atoms with Crippen molar-refractivity contribution >= 4 is 29.4 Å². The number of nitrogens with one attached hydrogen (secondary N) is 1. The van der Waals surface area contributed by atoms with Crippen molar-refractivity contribution in [1.82, 2.24) is 5.32 Å². The molecule has 4 rings (SSSR count). The van der Waals surface area contributed by atoms with Gasteiger partial charge in [-0.3, -0.25) is 4.79 Å². The Kier molecular flexibility index (Phi) is 6.37. The average molecular weight is 416 g/mol. The molecule has 1 N–H and O–H groups in total. The molecule has 2 aliphatic rings. The molecule has 28 heavy (non-hydrogen) atoms. The number of amides is 1. The second-order valence-corrected chi connectivity index (χ2v) is 9.71. The molecule has 0 spiro atoms. The number of thioether (sulfide) groups is 2. The first-order chi connectivity index (χ1) is 13.7. The number of aryl methyl sites for hydroxylation is 1. The van der Waals surface area contributed by atoms with Gasteiger partial charge in [0.15, 0.2) is 18.1 Å². The summed E-state index contributed by atoms with van der Waals surface area (Å²) in [7, 11) is 1.64. The molecular weight excluding hydrogens is 390 g/mol. The monoisotopic (exact) mass is 415 g/mol. The summed E-state index contributed by atoms with van der Waals surface area (Å²) in [6, 6.07) is 14.4. The zero-order valence-corrected chi connectivity index (χ0v) is 17.6. The Hall–Kier alpha value is -1.79. The normalized spacial score (nSPS) is 19.1. The highest BCUT2D eigenvalue weighted by molar-refractivity contribution is 8.19. The Labute approximate surface area is 174 Å². The van der Waals surface area contributed by atoms with Crippen molar-refractivity contribution in [2.24, 2.45) is 0 Å². The summed E-state index contributed by atoms with van der Waals surface area (Å²) in [5.41, 5.74) is 3.80. The fourth-order valence-electron chi connectivity index (χ4n) is 3.78. The summed E-state index contributed by atoms with van der Waals surface area (Å²) in [6.45, 7) is -0.0126. The molecule has 6 heteroatoms. The lowest BCUT2D eigenvalue weighted by Crippen LogP contribution is -2.34. The second kappa shape index (κ2) is 9.14. The maximum atomic E-state index is 12.5. The quantitative estimate of drug-likeness (QED) is 0.738. The van der Waals surface area contributed by atoms with Crippen LogP contribution in [0.3, 0.4) is 0 Å². The van der Waals surface area contributed by atoms with Crippen LogP contribution in [-0.2, 0) is 11.2 Å². The van der Waals surface area contributed by atoms with E-state index in [0.717, 1.165) is 19.3 Å². The lowest BCUT2D eigenvalue weighted by Gasteiger charge is -2.26. The zero-order valence-electron chi connectivity index (χ0n) is 16.0. The summed E-state index contributed by atoms with van der Waals surface area (Å²) in [4.78, 5) is 12.5. The lowest BCUT2D eigenvalue weighted by molar-refractivity contribution is -0.124. The number of carbonyl (C=O) groups is 1. The van der Waals surface area contributed by atoms with Crippen molar-refractivity contribution in [2.45, 2.75) is 29.9 Å². The molecule has 0 bridgehead atoms. The van der Waals surface area contributed by atoms with Gasteiger partial charge in [0.05, 0.1) is 17.7 Å². The molecule has 1 aliphatic heterocycles. The molecule has 0 unspecified atom stereocenters. The first-order valence-corrected chi connectivity index (χ1v) is 11.8. The number of carbonyl (C=O) groups excluding carboxylic acids is 1. The summed E-state index contributed by atoms with van der Waals surface area (Å²) >= 11 is 3.91. The van der Waals surface area contributed by atoms with Crippen LogP contribution in [-0.4, -0.2) is 31.1 Å². The standard InChI is InChI=1S/C22H25NO3S2/c1-25-20-13-16(22-27-11-12-28-22)9-10-19(20)26-14-21(24)23-18-8-4-6-15-5-2-3-7-17(15)18/h2-3,5,7,9-10,13,18,22H,4,6,8,11-12,14H2,1H3,(H,23,24)/t18-/m1/s1. The van der Waals surface area contributed by atoms with E-state index in [9.17, 15) is 4.79 Å². The van der Waals surface area contributed by atoms with Crippen LogP contribution < -0.4 is 14.8 Å². The van der Waals surface area contributed by atoms with Crippen LogP contribution in [0.15, 0.2) is 42.5 Å². The maximum absolute atomic E-state index is 12.5. The third kappa shape index (κ3) is 4.44. The van der Waals surface area contributed by atoms with E-state index in [1.54, 1.807) is 7.11 Å². The Balaban J connectivity index is 1.37. The van der Waals surface area contributed by atoms with Gasteiger partial charge in [0.2, 0.25) is 0 Å². The van der Waals surface area contributed by atoms with Crippen LogP contribution in [0.25, 0.3) is 0 Å². The van der Waals surface area contributed by atoms with E-state index < -0.39 is 0 Å². The van der Waals surface area contributed by atoms with Crippen LogP contribution in [0.1, 0.15) is 40.2 Å². The van der Waals surface area contributed by atoms with Crippen molar-refractivity contribution in [3.63, 3.8) is 0 Å². The van der Waals surface area contributed by atoms with Crippen molar-refractivity contribution in [3.8, 4) is 11.5 Å². The minimum absolute atomic E-state index is 0.0126. The average Bonchev–Trinajstić information content (AvgIpc) is 3.27. The topological polar surface area (TPSA) is 47.6 Å². The van der Waals surface area contributed by atoms with E-state index in [0.29, 0.717) is 16.1 Å². The molecule has 1 saturated heterocycles. The smallest absolute Gasteiger partial charge is 0.258 e. The van der Waals surface area contributed by atoms with Crippen molar-refractivity contribution < 1.29 is 14.3 Å². The van der Waals surface area contributed by atoms with Gasteiger partial charge < -0.3 is 14.8 Å². The van der Waals surface area contributed by atoms with E-state index in [1.807, 2.05) is 41.7 Å². The number of rotatable bonds is 6. The molecular formula is C22H25NO3S2. The molecule has 0 radical (unpaired) electrons. The molecule has 148 valence electrons. The molecule has 1 amide bonds. The predicted octanol–water partition coefficient (Wildman–Crippen LogP) is 4.75. The summed E-state index contributed by atoms with van der Waals surface area (Å²) in [5, 5.41) is 3.13. The second-order valence-electron chi connectivity index (χ2n) is 6.98. The van der Waals surface area contributed by atoms with Crippen LogP contribution in [0.2, 0.25) is 0 Å². The molecule has 2 aromatic carbocycles. The van der Waals surface area contributed by atoms with Crippen LogP contribution in [0, 0.1) is 0 Å². The summed E-state index contributed by atoms with van der Waals surface area (Å²) < 4.78 is 11.7. The Morgan fingerprint density at radius 1 is 1.14 bits per heavy atom. The van der Waals surface area contributed by atoms with Gasteiger partial charge >= 0.3 is 0 Å². The Morgan fingerprint density at radius 2 is 1.96 bits per heavy atom. The Morgan fingerprint density at radius 3 is 2.79 bits per heavy atom. The van der Waals surface area contributed by atoms with E-state index in [4.69, 9.17) is 9.47 Å². The SMILES string of the molecule is COc1cc(C2SCCS2)ccc1OCC(=O)N[C@@H]1CCCc2ccccc21. The predicted molar refractivity (Wildman–Crippen MR) is 116 cm³/mol. The van der Waals surface area contributed by atoms with Crippen LogP contribution >= 0.6 is 23.5 Å². The van der Waals surface area contributed by atoms with E-state index in [1.165, 1.54) is 28.2 Å². The van der Waals surface area contributed by atoms with Gasteiger partial charge in [0, 0.05) is 11.5 Å². The molecule has 1 atom stereocenters. The number of fused-ring (bicyclic) bond motifs is 1. The molecule has 0 saturated carbocycles. The van der Waals surface area contributed by atoms with E-state index in [-0.39, 0.29) is 18.6 Å². The third-order valence-electron chi connectivity index (χ3n) is 5.15. The number of methoxy groups -OCH3 is 1. The molecule has 1 fully saturated rings. The van der Waals surface area contributed by atoms with Gasteiger partial charge in [-0.15, -0.1) is 23.5 Å². The first-order valence-electron chi connectivity index (χ1n) is 9.65. The van der Waals surface area contributed by atoms with Crippen molar-refractivity contribution in [2.75, 3.05) is 25.2 Å². The maximum Gasteiger partial charge on any atom is 0.258 e. The first kappa shape index (κ1) is 19.5. The number of hydrogen-bond acceptors (Lipinski definition) is 5. The summed E-state index contributed by atoms with van der Waals surface area (Å²) in [6.07, 6.45) is 3.15. The number of benzene rings is 2. The molecule has 2 aromatic rings. The van der Waals surface area contributed by atoms with Gasteiger partial charge in [-0.2, -0.15) is 0 Å². The van der Waals surface area contributed by atoms with Crippen LogP contribution in [0.5, 0.6) is 11.5 Å². The summed E-state index contributed by atoms with van der Waals surface area (Å²) in [5.74, 6) is 3.55. The van der Waals surface area contributed by atoms with Crippen LogP contribution in [0.4, 0.5) is 0 Å².